The van der Waals surface area contributed by atoms with Crippen LogP contribution in [0.25, 0.3) is 0 Å². The second-order valence-corrected chi connectivity index (χ2v) is 5.34. The second kappa shape index (κ2) is 7.29. The lowest BCUT2D eigenvalue weighted by Crippen LogP contribution is -2.15. The minimum atomic E-state index is -1.43. The van der Waals surface area contributed by atoms with Gasteiger partial charge in [0.25, 0.3) is 0 Å². The zero-order valence-corrected chi connectivity index (χ0v) is 8.94. The maximum atomic E-state index is 9.16. The molecule has 2 unspecified atom stereocenters. The van der Waals surface area contributed by atoms with Crippen molar-refractivity contribution in [2.75, 3.05) is 13.2 Å². The molecule has 1 N–H and O–H groups in total. The van der Waals surface area contributed by atoms with Gasteiger partial charge in [0.1, 0.15) is 0 Å². The fourth-order valence-corrected chi connectivity index (χ4v) is 2.35. The Morgan fingerprint density at radius 2 is 2.33 bits per heavy atom. The Balaban J connectivity index is 3.20. The van der Waals surface area contributed by atoms with Crippen molar-refractivity contribution < 1.29 is 9.53 Å². The molecule has 0 saturated carbocycles. The number of hydrogen-bond donors (Lipinski definition) is 1. The molecule has 0 fully saturated rings. The van der Waals surface area contributed by atoms with Crippen LogP contribution in [0, 0.1) is 17.2 Å². The quantitative estimate of drug-likeness (QED) is 0.496. The Morgan fingerprint density at radius 1 is 1.67 bits per heavy atom. The van der Waals surface area contributed by atoms with Gasteiger partial charge < -0.3 is 9.53 Å². The van der Waals surface area contributed by atoms with Gasteiger partial charge in [-0.25, -0.2) is 0 Å². The SMILES string of the molecule is CC(COCCC#N)C[SiH](C)O. The average molecular weight is 187 g/mol. The van der Waals surface area contributed by atoms with E-state index in [1.54, 1.807) is 0 Å². The number of hydrogen-bond acceptors (Lipinski definition) is 3. The predicted octanol–water partition coefficient (Wildman–Crippen LogP) is 0.899. The Kier molecular flexibility index (Phi) is 7.06. The molecule has 3 nitrogen and oxygen atoms in total. The van der Waals surface area contributed by atoms with E-state index < -0.39 is 9.04 Å². The van der Waals surface area contributed by atoms with Crippen LogP contribution in [0.15, 0.2) is 0 Å². The number of nitriles is 1. The normalized spacial score (nSPS) is 15.2. The zero-order valence-electron chi connectivity index (χ0n) is 7.79. The molecular weight excluding hydrogens is 170 g/mol. The highest BCUT2D eigenvalue weighted by Gasteiger charge is 2.07. The van der Waals surface area contributed by atoms with Crippen LogP contribution in [-0.2, 0) is 4.74 Å². The summed E-state index contributed by atoms with van der Waals surface area (Å²) in [4.78, 5) is 9.16. The van der Waals surface area contributed by atoms with Crippen LogP contribution >= 0.6 is 0 Å². The van der Waals surface area contributed by atoms with Crippen molar-refractivity contribution in [3.63, 3.8) is 0 Å². The van der Waals surface area contributed by atoms with Crippen LogP contribution in [0.4, 0.5) is 0 Å². The lowest BCUT2D eigenvalue weighted by Gasteiger charge is -2.11. The van der Waals surface area contributed by atoms with E-state index in [0.717, 1.165) is 6.04 Å². The van der Waals surface area contributed by atoms with Crippen molar-refractivity contribution in [1.82, 2.24) is 0 Å². The van der Waals surface area contributed by atoms with E-state index in [-0.39, 0.29) is 0 Å². The van der Waals surface area contributed by atoms with Crippen molar-refractivity contribution in [3.8, 4) is 6.07 Å². The van der Waals surface area contributed by atoms with E-state index >= 15 is 0 Å². The minimum Gasteiger partial charge on any atom is -0.435 e. The first-order chi connectivity index (χ1) is 5.66. The molecule has 0 spiro atoms. The zero-order chi connectivity index (χ0) is 9.40. The highest BCUT2D eigenvalue weighted by Crippen LogP contribution is 2.05. The first kappa shape index (κ1) is 11.6. The molecular formula is C8H17NO2Si. The standard InChI is InChI=1S/C8H17NO2Si/c1-8(7-12(2)10)6-11-5-3-4-9/h8,10,12H,3,5-7H2,1-2H3. The molecule has 0 aromatic carbocycles. The molecule has 0 aliphatic rings. The molecule has 0 radical (unpaired) electrons. The fraction of sp³-hybridized carbons (Fsp3) is 0.875. The third-order valence-electron chi connectivity index (χ3n) is 1.50. The first-order valence-electron chi connectivity index (χ1n) is 4.29. The third-order valence-corrected chi connectivity index (χ3v) is 2.99. The molecule has 70 valence electrons. The van der Waals surface area contributed by atoms with E-state index in [1.807, 2.05) is 12.6 Å². The molecule has 0 aliphatic heterocycles. The summed E-state index contributed by atoms with van der Waals surface area (Å²) in [6.45, 7) is 5.15. The van der Waals surface area contributed by atoms with Crippen molar-refractivity contribution in [2.24, 2.45) is 5.92 Å². The summed E-state index contributed by atoms with van der Waals surface area (Å²) in [7, 11) is -1.43. The Morgan fingerprint density at radius 3 is 2.83 bits per heavy atom. The van der Waals surface area contributed by atoms with Gasteiger partial charge in [0.15, 0.2) is 9.04 Å². The summed E-state index contributed by atoms with van der Waals surface area (Å²) < 4.78 is 5.23. The topological polar surface area (TPSA) is 53.2 Å². The largest absolute Gasteiger partial charge is 0.435 e. The third kappa shape index (κ3) is 7.73. The van der Waals surface area contributed by atoms with Crippen LogP contribution in [0.2, 0.25) is 12.6 Å². The monoisotopic (exact) mass is 187 g/mol. The Hall–Kier alpha value is -0.373. The predicted molar refractivity (Wildman–Crippen MR) is 50.3 cm³/mol. The van der Waals surface area contributed by atoms with Crippen LogP contribution in [0.3, 0.4) is 0 Å². The second-order valence-electron chi connectivity index (χ2n) is 3.17. The van der Waals surface area contributed by atoms with Crippen molar-refractivity contribution in [1.29, 1.82) is 5.26 Å². The highest BCUT2D eigenvalue weighted by atomic mass is 28.3. The maximum Gasteiger partial charge on any atom is 0.169 e. The Labute approximate surface area is 75.7 Å². The molecule has 12 heavy (non-hydrogen) atoms. The van der Waals surface area contributed by atoms with Gasteiger partial charge in [-0.2, -0.15) is 5.26 Å². The van der Waals surface area contributed by atoms with Gasteiger partial charge in [-0.15, -0.1) is 0 Å². The molecule has 0 aromatic heterocycles. The van der Waals surface area contributed by atoms with Crippen molar-refractivity contribution >= 4 is 9.04 Å². The summed E-state index contributed by atoms with van der Waals surface area (Å²) in [6.07, 6.45) is 0.457. The molecule has 2 atom stereocenters. The molecule has 0 saturated heterocycles. The van der Waals surface area contributed by atoms with E-state index in [2.05, 4.69) is 6.92 Å². The van der Waals surface area contributed by atoms with Gasteiger partial charge in [-0.05, 0) is 18.5 Å². The van der Waals surface area contributed by atoms with Crippen LogP contribution in [-0.4, -0.2) is 27.0 Å². The average Bonchev–Trinajstić information content (AvgIpc) is 1.97. The van der Waals surface area contributed by atoms with E-state index in [9.17, 15) is 0 Å². The van der Waals surface area contributed by atoms with Crippen molar-refractivity contribution in [3.05, 3.63) is 0 Å². The lowest BCUT2D eigenvalue weighted by atomic mass is 10.2. The fourth-order valence-electron chi connectivity index (χ4n) is 1.05. The molecule has 4 heteroatoms. The van der Waals surface area contributed by atoms with Gasteiger partial charge in [0.05, 0.1) is 19.1 Å². The summed E-state index contributed by atoms with van der Waals surface area (Å²) in [6, 6.07) is 2.91. The molecule has 0 amide bonds. The van der Waals surface area contributed by atoms with E-state index in [4.69, 9.17) is 14.8 Å². The summed E-state index contributed by atoms with van der Waals surface area (Å²) in [5, 5.41) is 8.21. The van der Waals surface area contributed by atoms with Crippen LogP contribution in [0.5, 0.6) is 0 Å². The van der Waals surface area contributed by atoms with Crippen LogP contribution in [0.1, 0.15) is 13.3 Å². The summed E-state index contributed by atoms with van der Waals surface area (Å²) >= 11 is 0. The molecule has 0 rings (SSSR count). The van der Waals surface area contributed by atoms with E-state index in [1.165, 1.54) is 0 Å². The highest BCUT2D eigenvalue weighted by molar-refractivity contribution is 6.48. The smallest absolute Gasteiger partial charge is 0.169 e. The van der Waals surface area contributed by atoms with Gasteiger partial charge in [0, 0.05) is 6.61 Å². The van der Waals surface area contributed by atoms with Gasteiger partial charge in [-0.3, -0.25) is 0 Å². The summed E-state index contributed by atoms with van der Waals surface area (Å²) in [5.41, 5.74) is 0. The Bertz CT molecular complexity index is 144. The molecule has 0 heterocycles. The van der Waals surface area contributed by atoms with Gasteiger partial charge in [0.2, 0.25) is 0 Å². The van der Waals surface area contributed by atoms with Crippen molar-refractivity contribution in [2.45, 2.75) is 25.9 Å². The molecule has 0 bridgehead atoms. The van der Waals surface area contributed by atoms with E-state index in [0.29, 0.717) is 25.6 Å². The summed E-state index contributed by atoms with van der Waals surface area (Å²) in [5.74, 6) is 0.426. The van der Waals surface area contributed by atoms with Gasteiger partial charge >= 0.3 is 0 Å². The van der Waals surface area contributed by atoms with Crippen LogP contribution < -0.4 is 0 Å². The number of nitrogens with zero attached hydrogens (tertiary/aromatic N) is 1. The van der Waals surface area contributed by atoms with Gasteiger partial charge in [-0.1, -0.05) is 6.92 Å². The molecule has 0 aromatic rings. The maximum absolute atomic E-state index is 9.16. The molecule has 0 aliphatic carbocycles. The first-order valence-corrected chi connectivity index (χ1v) is 6.78. The minimum absolute atomic E-state index is 0.426. The lowest BCUT2D eigenvalue weighted by molar-refractivity contribution is 0.114. The number of ether oxygens (including phenoxy) is 1. The number of rotatable bonds is 6.